The zero-order chi connectivity index (χ0) is 17.5. The maximum atomic E-state index is 12.1. The summed E-state index contributed by atoms with van der Waals surface area (Å²) in [6.45, 7) is 0.672. The largest absolute Gasteiger partial charge is 0.352 e. The van der Waals surface area contributed by atoms with Crippen molar-refractivity contribution in [2.24, 2.45) is 4.99 Å². The molecule has 0 atom stereocenters. The van der Waals surface area contributed by atoms with E-state index >= 15 is 0 Å². The van der Waals surface area contributed by atoms with Crippen LogP contribution in [0.3, 0.4) is 0 Å². The Morgan fingerprint density at radius 2 is 2.04 bits per heavy atom. The van der Waals surface area contributed by atoms with E-state index in [1.807, 2.05) is 28.8 Å². The molecule has 8 nitrogen and oxygen atoms in total. The molecule has 1 amide bonds. The summed E-state index contributed by atoms with van der Waals surface area (Å²) >= 11 is 0. The summed E-state index contributed by atoms with van der Waals surface area (Å²) in [7, 11) is 1.68. The van der Waals surface area contributed by atoms with Gasteiger partial charge in [0.1, 0.15) is 0 Å². The number of guanidine groups is 1. The van der Waals surface area contributed by atoms with Crippen LogP contribution in [0.1, 0.15) is 37.9 Å². The molecule has 0 bridgehead atoms. The Hall–Kier alpha value is -1.91. The number of aromatic nitrogens is 3. The van der Waals surface area contributed by atoms with Gasteiger partial charge in [-0.3, -0.25) is 14.2 Å². The number of carbonyl (C=O) groups excluding carboxylic acids is 1. The molecular formula is C17H26IN7O. The Morgan fingerprint density at radius 3 is 2.81 bits per heavy atom. The lowest BCUT2D eigenvalue weighted by atomic mass is 9.95. The third-order valence-corrected chi connectivity index (χ3v) is 4.41. The number of hydrogen-bond donors (Lipinski definition) is 3. The van der Waals surface area contributed by atoms with Crippen LogP contribution >= 0.6 is 24.0 Å². The average molecular weight is 471 g/mol. The zero-order valence-corrected chi connectivity index (χ0v) is 17.3. The smallest absolute Gasteiger partial charge is 0.239 e. The molecule has 1 saturated carbocycles. The SMILES string of the molecule is CN=C(NCC(=O)NC1CCCCC1)NCc1nnc2ccccn12.I. The zero-order valence-electron chi connectivity index (χ0n) is 14.9. The minimum Gasteiger partial charge on any atom is -0.352 e. The van der Waals surface area contributed by atoms with Crippen LogP contribution in [-0.4, -0.2) is 46.1 Å². The van der Waals surface area contributed by atoms with E-state index in [-0.39, 0.29) is 36.4 Å². The lowest BCUT2D eigenvalue weighted by Crippen LogP contribution is -2.45. The van der Waals surface area contributed by atoms with Crippen LogP contribution in [0.15, 0.2) is 29.4 Å². The highest BCUT2D eigenvalue weighted by molar-refractivity contribution is 14.0. The standard InChI is InChI=1S/C17H25N7O.HI/c1-18-17(20-12-16(25)21-13-7-3-2-4-8-13)19-11-15-23-22-14-9-5-6-10-24(14)15;/h5-6,9-10,13H,2-4,7-8,11-12H2,1H3,(H,21,25)(H2,18,19,20);1H. The number of nitrogens with one attached hydrogen (secondary N) is 3. The van der Waals surface area contributed by atoms with E-state index in [1.165, 1.54) is 19.3 Å². The van der Waals surface area contributed by atoms with Gasteiger partial charge in [-0.25, -0.2) is 0 Å². The van der Waals surface area contributed by atoms with Gasteiger partial charge in [-0.15, -0.1) is 34.2 Å². The molecule has 2 aromatic heterocycles. The average Bonchev–Trinajstić information content (AvgIpc) is 3.06. The van der Waals surface area contributed by atoms with E-state index in [0.717, 1.165) is 24.3 Å². The molecule has 142 valence electrons. The Kier molecular flexibility index (Phi) is 8.07. The molecule has 0 saturated heterocycles. The quantitative estimate of drug-likeness (QED) is 0.349. The maximum Gasteiger partial charge on any atom is 0.239 e. The molecule has 0 spiro atoms. The second-order valence-corrected chi connectivity index (χ2v) is 6.23. The Bertz CT molecular complexity index is 740. The molecule has 3 rings (SSSR count). The molecule has 1 aliphatic rings. The molecule has 1 aliphatic carbocycles. The molecule has 3 N–H and O–H groups in total. The summed E-state index contributed by atoms with van der Waals surface area (Å²) in [6.07, 6.45) is 7.76. The molecule has 0 unspecified atom stereocenters. The molecule has 2 heterocycles. The molecule has 2 aromatic rings. The number of rotatable bonds is 5. The van der Waals surface area contributed by atoms with Crippen LogP contribution in [0.4, 0.5) is 0 Å². The summed E-state index contributed by atoms with van der Waals surface area (Å²) in [5.41, 5.74) is 0.800. The number of pyridine rings is 1. The molecule has 1 fully saturated rings. The predicted octanol–water partition coefficient (Wildman–Crippen LogP) is 1.46. The van der Waals surface area contributed by atoms with Gasteiger partial charge in [0.2, 0.25) is 5.91 Å². The third-order valence-electron chi connectivity index (χ3n) is 4.41. The molecule has 0 aromatic carbocycles. The first kappa shape index (κ1) is 20.4. The van der Waals surface area contributed by atoms with Crippen LogP contribution in [0.25, 0.3) is 5.65 Å². The summed E-state index contributed by atoms with van der Waals surface area (Å²) in [5, 5.41) is 17.6. The highest BCUT2D eigenvalue weighted by Crippen LogP contribution is 2.17. The number of carbonyl (C=O) groups is 1. The number of fused-ring (bicyclic) bond motifs is 1. The van der Waals surface area contributed by atoms with Crippen molar-refractivity contribution in [2.45, 2.75) is 44.7 Å². The van der Waals surface area contributed by atoms with Gasteiger partial charge in [-0.05, 0) is 25.0 Å². The highest BCUT2D eigenvalue weighted by atomic mass is 127. The Morgan fingerprint density at radius 1 is 1.23 bits per heavy atom. The second kappa shape index (κ2) is 10.3. The fourth-order valence-corrected chi connectivity index (χ4v) is 3.08. The molecule has 0 aliphatic heterocycles. The predicted molar refractivity (Wildman–Crippen MR) is 112 cm³/mol. The van der Waals surface area contributed by atoms with Gasteiger partial charge in [-0.1, -0.05) is 25.3 Å². The van der Waals surface area contributed by atoms with Crippen molar-refractivity contribution in [3.05, 3.63) is 30.2 Å². The van der Waals surface area contributed by atoms with Crippen LogP contribution in [0.5, 0.6) is 0 Å². The van der Waals surface area contributed by atoms with Gasteiger partial charge in [-0.2, -0.15) is 0 Å². The van der Waals surface area contributed by atoms with Crippen LogP contribution in [0, 0.1) is 0 Å². The third kappa shape index (κ3) is 5.55. The number of halogens is 1. The molecule has 0 radical (unpaired) electrons. The fourth-order valence-electron chi connectivity index (χ4n) is 3.08. The van der Waals surface area contributed by atoms with E-state index in [1.54, 1.807) is 7.05 Å². The van der Waals surface area contributed by atoms with E-state index in [2.05, 4.69) is 31.1 Å². The van der Waals surface area contributed by atoms with Crippen molar-refractivity contribution in [1.82, 2.24) is 30.5 Å². The summed E-state index contributed by atoms with van der Waals surface area (Å²) in [5.74, 6) is 1.35. The second-order valence-electron chi connectivity index (χ2n) is 6.23. The van der Waals surface area contributed by atoms with Crippen molar-refractivity contribution >= 4 is 41.5 Å². The van der Waals surface area contributed by atoms with Gasteiger partial charge < -0.3 is 16.0 Å². The van der Waals surface area contributed by atoms with Crippen LogP contribution in [-0.2, 0) is 11.3 Å². The molecule has 9 heteroatoms. The Labute approximate surface area is 170 Å². The number of amides is 1. The van der Waals surface area contributed by atoms with E-state index in [4.69, 9.17) is 0 Å². The van der Waals surface area contributed by atoms with Gasteiger partial charge in [0.25, 0.3) is 0 Å². The van der Waals surface area contributed by atoms with Crippen LogP contribution in [0.2, 0.25) is 0 Å². The normalized spacial score (nSPS) is 15.3. The highest BCUT2D eigenvalue weighted by Gasteiger charge is 2.15. The van der Waals surface area contributed by atoms with Gasteiger partial charge >= 0.3 is 0 Å². The van der Waals surface area contributed by atoms with Crippen molar-refractivity contribution in [3.63, 3.8) is 0 Å². The number of nitrogens with zero attached hydrogens (tertiary/aromatic N) is 4. The molecule has 26 heavy (non-hydrogen) atoms. The van der Waals surface area contributed by atoms with Crippen molar-refractivity contribution in [1.29, 1.82) is 0 Å². The number of aliphatic imine (C=N–C) groups is 1. The van der Waals surface area contributed by atoms with E-state index in [0.29, 0.717) is 18.5 Å². The number of hydrogen-bond acceptors (Lipinski definition) is 4. The van der Waals surface area contributed by atoms with E-state index < -0.39 is 0 Å². The first-order valence-electron chi connectivity index (χ1n) is 8.79. The van der Waals surface area contributed by atoms with E-state index in [9.17, 15) is 4.79 Å². The summed E-state index contributed by atoms with van der Waals surface area (Å²) < 4.78 is 1.91. The topological polar surface area (TPSA) is 95.7 Å². The lowest BCUT2D eigenvalue weighted by molar-refractivity contribution is -0.120. The van der Waals surface area contributed by atoms with Gasteiger partial charge in [0.15, 0.2) is 17.4 Å². The van der Waals surface area contributed by atoms with Crippen LogP contribution < -0.4 is 16.0 Å². The fraction of sp³-hybridized carbons (Fsp3) is 0.529. The maximum absolute atomic E-state index is 12.1. The monoisotopic (exact) mass is 471 g/mol. The van der Waals surface area contributed by atoms with Crippen molar-refractivity contribution in [2.75, 3.05) is 13.6 Å². The first-order chi connectivity index (χ1) is 12.3. The Balaban J connectivity index is 0.00000243. The minimum atomic E-state index is 0. The van der Waals surface area contributed by atoms with Gasteiger partial charge in [0, 0.05) is 19.3 Å². The summed E-state index contributed by atoms with van der Waals surface area (Å²) in [6, 6.07) is 6.08. The molecular weight excluding hydrogens is 445 g/mol. The van der Waals surface area contributed by atoms with Crippen molar-refractivity contribution < 1.29 is 4.79 Å². The lowest BCUT2D eigenvalue weighted by Gasteiger charge is -2.23. The minimum absolute atomic E-state index is 0. The first-order valence-corrected chi connectivity index (χ1v) is 8.79. The van der Waals surface area contributed by atoms with Crippen molar-refractivity contribution in [3.8, 4) is 0 Å². The van der Waals surface area contributed by atoms with Gasteiger partial charge in [0.05, 0.1) is 13.1 Å². The summed E-state index contributed by atoms with van der Waals surface area (Å²) in [4.78, 5) is 16.2.